The van der Waals surface area contributed by atoms with E-state index in [4.69, 9.17) is 26.2 Å². The molecule has 2 fully saturated rings. The number of hydrogen-bond donors (Lipinski definition) is 2. The second-order valence-corrected chi connectivity index (χ2v) is 9.10. The minimum atomic E-state index is 0.161. The van der Waals surface area contributed by atoms with Crippen LogP contribution in [-0.2, 0) is 4.74 Å². The van der Waals surface area contributed by atoms with Crippen LogP contribution in [-0.4, -0.2) is 69.6 Å². The number of halogens is 1. The first kappa shape index (κ1) is 20.8. The summed E-state index contributed by atoms with van der Waals surface area (Å²) in [5.74, 6) is 1.71. The molecule has 5 heterocycles. The van der Waals surface area contributed by atoms with Crippen molar-refractivity contribution in [1.29, 1.82) is 0 Å². The maximum Gasteiger partial charge on any atom is 0.257 e. The van der Waals surface area contributed by atoms with Crippen LogP contribution in [0.3, 0.4) is 0 Å². The number of likely N-dealkylation sites (tertiary alicyclic amines) is 1. The maximum atomic E-state index is 6.28. The van der Waals surface area contributed by atoms with E-state index in [1.807, 2.05) is 0 Å². The Morgan fingerprint density at radius 2 is 1.97 bits per heavy atom. The Morgan fingerprint density at radius 3 is 2.74 bits per heavy atom. The van der Waals surface area contributed by atoms with Crippen LogP contribution in [0.25, 0.3) is 0 Å². The summed E-state index contributed by atoms with van der Waals surface area (Å²) in [6, 6.07) is 1.09. The standard InChI is InChI=1S/C21H30ClN7O2/c1-13-5-10-31-20-18(25-21-23-11-17(22)19(24-13)26-21)14(2)29(27-20)15-3-7-28(8-4-15)16-6-9-30-12-16/h11,13,15-16H,3-10,12H2,1-2H3,(H2,23,24,25,26)/t13-,16?/m1/s1. The fourth-order valence-corrected chi connectivity index (χ4v) is 4.82. The first-order chi connectivity index (χ1) is 15.1. The van der Waals surface area contributed by atoms with Gasteiger partial charge in [0.15, 0.2) is 5.82 Å². The molecule has 2 bridgehead atoms. The van der Waals surface area contributed by atoms with Crippen LogP contribution >= 0.6 is 11.6 Å². The van der Waals surface area contributed by atoms with E-state index < -0.39 is 0 Å². The lowest BCUT2D eigenvalue weighted by molar-refractivity contribution is 0.108. The number of piperidine rings is 1. The highest BCUT2D eigenvalue weighted by atomic mass is 35.5. The Labute approximate surface area is 187 Å². The zero-order chi connectivity index (χ0) is 21.4. The lowest BCUT2D eigenvalue weighted by Gasteiger charge is -2.35. The van der Waals surface area contributed by atoms with Crippen molar-refractivity contribution in [3.63, 3.8) is 0 Å². The molecule has 2 N–H and O–H groups in total. The third-order valence-electron chi connectivity index (χ3n) is 6.54. The first-order valence-electron chi connectivity index (χ1n) is 11.2. The SMILES string of the molecule is Cc1c2c(nn1C1CCN(C3CCOC3)CC1)OCC[C@@H](C)Nc1nc(ncc1Cl)N2. The molecular formula is C21H30ClN7O2. The summed E-state index contributed by atoms with van der Waals surface area (Å²) in [4.78, 5) is 11.5. The van der Waals surface area contributed by atoms with Gasteiger partial charge in [-0.2, -0.15) is 4.98 Å². The van der Waals surface area contributed by atoms with E-state index >= 15 is 0 Å². The van der Waals surface area contributed by atoms with Crippen LogP contribution in [0.1, 0.15) is 44.3 Å². The molecule has 9 nitrogen and oxygen atoms in total. The number of hydrogen-bond acceptors (Lipinski definition) is 8. The van der Waals surface area contributed by atoms with Crippen LogP contribution in [0.4, 0.5) is 17.5 Å². The van der Waals surface area contributed by atoms with Gasteiger partial charge in [0.1, 0.15) is 10.7 Å². The van der Waals surface area contributed by atoms with E-state index in [1.54, 1.807) is 6.20 Å². The Balaban J connectivity index is 1.38. The van der Waals surface area contributed by atoms with Gasteiger partial charge in [-0.3, -0.25) is 9.58 Å². The predicted octanol–water partition coefficient (Wildman–Crippen LogP) is 3.39. The van der Waals surface area contributed by atoms with Gasteiger partial charge in [0, 0.05) is 38.2 Å². The van der Waals surface area contributed by atoms with Crippen LogP contribution in [0.2, 0.25) is 5.02 Å². The fourth-order valence-electron chi connectivity index (χ4n) is 4.68. The lowest BCUT2D eigenvalue weighted by atomic mass is 10.0. The van der Waals surface area contributed by atoms with Gasteiger partial charge in [-0.1, -0.05) is 11.6 Å². The highest BCUT2D eigenvalue weighted by molar-refractivity contribution is 6.32. The summed E-state index contributed by atoms with van der Waals surface area (Å²) < 4.78 is 13.8. The molecule has 31 heavy (non-hydrogen) atoms. The quantitative estimate of drug-likeness (QED) is 0.724. The zero-order valence-electron chi connectivity index (χ0n) is 18.1. The molecule has 1 unspecified atom stereocenters. The Kier molecular flexibility index (Phi) is 5.90. The van der Waals surface area contributed by atoms with Crippen LogP contribution in [0.5, 0.6) is 5.88 Å². The van der Waals surface area contributed by atoms with Gasteiger partial charge in [0.2, 0.25) is 5.95 Å². The van der Waals surface area contributed by atoms with Gasteiger partial charge < -0.3 is 20.1 Å². The van der Waals surface area contributed by atoms with E-state index in [0.717, 1.165) is 63.4 Å². The highest BCUT2D eigenvalue weighted by Crippen LogP contribution is 2.36. The Morgan fingerprint density at radius 1 is 1.13 bits per heavy atom. The molecule has 0 saturated carbocycles. The molecule has 0 aromatic carbocycles. The normalized spacial score (nSPS) is 25.1. The van der Waals surface area contributed by atoms with Crippen molar-refractivity contribution < 1.29 is 9.47 Å². The largest absolute Gasteiger partial charge is 0.475 e. The molecular weight excluding hydrogens is 418 g/mol. The Hall–Kier alpha value is -2.10. The van der Waals surface area contributed by atoms with Gasteiger partial charge in [0.05, 0.1) is 31.1 Å². The summed E-state index contributed by atoms with van der Waals surface area (Å²) in [5, 5.41) is 12.0. The third-order valence-corrected chi connectivity index (χ3v) is 6.82. The molecule has 168 valence electrons. The molecule has 0 amide bonds. The number of ether oxygens (including phenoxy) is 2. The monoisotopic (exact) mass is 447 g/mol. The van der Waals surface area contributed by atoms with Crippen molar-refractivity contribution in [2.24, 2.45) is 0 Å². The molecule has 3 aliphatic heterocycles. The van der Waals surface area contributed by atoms with Crippen LogP contribution in [0.15, 0.2) is 6.20 Å². The summed E-state index contributed by atoms with van der Waals surface area (Å²) in [7, 11) is 0. The molecule has 0 spiro atoms. The average Bonchev–Trinajstić information content (AvgIpc) is 3.40. The summed E-state index contributed by atoms with van der Waals surface area (Å²) in [5.41, 5.74) is 1.87. The van der Waals surface area contributed by atoms with Gasteiger partial charge in [-0.15, -0.1) is 5.10 Å². The van der Waals surface area contributed by atoms with Crippen molar-refractivity contribution in [2.75, 3.05) is 43.5 Å². The van der Waals surface area contributed by atoms with E-state index in [9.17, 15) is 0 Å². The topological polar surface area (TPSA) is 89.4 Å². The molecule has 2 atom stereocenters. The lowest BCUT2D eigenvalue weighted by Crippen LogP contribution is -2.42. The van der Waals surface area contributed by atoms with Gasteiger partial charge >= 0.3 is 0 Å². The van der Waals surface area contributed by atoms with Gasteiger partial charge in [0.25, 0.3) is 5.88 Å². The maximum absolute atomic E-state index is 6.28. The molecule has 2 saturated heterocycles. The molecule has 0 radical (unpaired) electrons. The smallest absolute Gasteiger partial charge is 0.257 e. The molecule has 5 rings (SSSR count). The number of fused-ring (bicyclic) bond motifs is 3. The van der Waals surface area contributed by atoms with Crippen LogP contribution < -0.4 is 15.4 Å². The minimum absolute atomic E-state index is 0.161. The van der Waals surface area contributed by atoms with E-state index in [-0.39, 0.29) is 6.04 Å². The number of nitrogens with one attached hydrogen (secondary N) is 2. The van der Waals surface area contributed by atoms with Crippen molar-refractivity contribution in [3.05, 3.63) is 16.9 Å². The molecule has 2 aromatic rings. The van der Waals surface area contributed by atoms with Crippen molar-refractivity contribution in [1.82, 2.24) is 24.6 Å². The second-order valence-electron chi connectivity index (χ2n) is 8.69. The molecule has 2 aromatic heterocycles. The number of nitrogens with zero attached hydrogens (tertiary/aromatic N) is 5. The molecule has 3 aliphatic rings. The Bertz CT molecular complexity index is 923. The predicted molar refractivity (Wildman–Crippen MR) is 120 cm³/mol. The molecule has 0 aliphatic carbocycles. The number of rotatable bonds is 2. The van der Waals surface area contributed by atoms with Crippen molar-refractivity contribution in [2.45, 2.75) is 57.7 Å². The van der Waals surface area contributed by atoms with E-state index in [2.05, 4.69) is 44.0 Å². The molecule has 10 heteroatoms. The average molecular weight is 448 g/mol. The first-order valence-corrected chi connectivity index (χ1v) is 11.6. The summed E-state index contributed by atoms with van der Waals surface area (Å²) >= 11 is 6.28. The van der Waals surface area contributed by atoms with Crippen molar-refractivity contribution >= 4 is 29.1 Å². The van der Waals surface area contributed by atoms with E-state index in [1.165, 1.54) is 0 Å². The number of aromatic nitrogens is 4. The van der Waals surface area contributed by atoms with Gasteiger partial charge in [-0.05, 0) is 33.1 Å². The number of anilines is 3. The van der Waals surface area contributed by atoms with Crippen molar-refractivity contribution in [3.8, 4) is 5.88 Å². The summed E-state index contributed by atoms with van der Waals surface area (Å²) in [6.07, 6.45) is 5.71. The van der Waals surface area contributed by atoms with E-state index in [0.29, 0.717) is 41.4 Å². The highest BCUT2D eigenvalue weighted by Gasteiger charge is 2.30. The minimum Gasteiger partial charge on any atom is -0.475 e. The summed E-state index contributed by atoms with van der Waals surface area (Å²) in [6.45, 7) is 8.63. The third kappa shape index (κ3) is 4.31. The zero-order valence-corrected chi connectivity index (χ0v) is 18.9. The van der Waals surface area contributed by atoms with Gasteiger partial charge in [-0.25, -0.2) is 4.98 Å². The fraction of sp³-hybridized carbons (Fsp3) is 0.667. The van der Waals surface area contributed by atoms with Crippen LogP contribution in [0, 0.1) is 6.92 Å². The second kappa shape index (κ2) is 8.80.